The molecule has 0 aromatic heterocycles. The number of sulfonamides is 1. The molecule has 1 unspecified atom stereocenters. The Morgan fingerprint density at radius 2 is 1.48 bits per heavy atom. The van der Waals surface area contributed by atoms with Gasteiger partial charge in [0.2, 0.25) is 21.7 Å². The van der Waals surface area contributed by atoms with E-state index in [-0.39, 0.29) is 48.7 Å². The first-order valence-electron chi connectivity index (χ1n) is 18.0. The fraction of sp³-hybridized carbons (Fsp3) is 0.861. The average molecular weight is 693 g/mol. The molecule has 2 N–H and O–H groups in total. The lowest BCUT2D eigenvalue weighted by Gasteiger charge is -2.38. The Hall–Kier alpha value is -2.34. The number of hydrogen-bond donors (Lipinski definition) is 2. The number of amides is 3. The van der Waals surface area contributed by atoms with Crippen LogP contribution in [0.3, 0.4) is 0 Å². The summed E-state index contributed by atoms with van der Waals surface area (Å²) in [5.41, 5.74) is -1.20. The van der Waals surface area contributed by atoms with E-state index < -0.39 is 56.7 Å². The van der Waals surface area contributed by atoms with Gasteiger partial charge in [0, 0.05) is 44.9 Å². The van der Waals surface area contributed by atoms with Crippen LogP contribution in [-0.2, 0) is 29.2 Å². The topological polar surface area (TPSA) is 150 Å². The van der Waals surface area contributed by atoms with Crippen molar-refractivity contribution in [2.24, 2.45) is 40.4 Å². The predicted molar refractivity (Wildman–Crippen MR) is 184 cm³/mol. The Balaban J connectivity index is 1.53. The van der Waals surface area contributed by atoms with Crippen LogP contribution < -0.4 is 10.6 Å². The van der Waals surface area contributed by atoms with E-state index in [2.05, 4.69) is 10.6 Å². The van der Waals surface area contributed by atoms with Crippen LogP contribution in [0.1, 0.15) is 112 Å². The molecule has 3 aliphatic carbocycles. The average Bonchev–Trinajstić information content (AvgIpc) is 3.50. The van der Waals surface area contributed by atoms with Crippen molar-refractivity contribution in [2.45, 2.75) is 130 Å². The molecule has 1 saturated heterocycles. The van der Waals surface area contributed by atoms with Gasteiger partial charge in [-0.25, -0.2) is 17.5 Å². The van der Waals surface area contributed by atoms with E-state index in [1.807, 2.05) is 41.5 Å². The maximum atomic E-state index is 14.5. The zero-order valence-electron chi connectivity index (χ0n) is 30.5. The largest absolute Gasteiger partial charge is 0.334 e. The van der Waals surface area contributed by atoms with Crippen LogP contribution in [0.2, 0.25) is 0 Å². The van der Waals surface area contributed by atoms with E-state index in [9.17, 15) is 32.4 Å². The summed E-state index contributed by atoms with van der Waals surface area (Å²) in [4.78, 5) is 70.3. The van der Waals surface area contributed by atoms with Crippen LogP contribution in [0, 0.1) is 40.4 Å². The molecular weight excluding hydrogens is 632 g/mol. The zero-order valence-corrected chi connectivity index (χ0v) is 31.3. The highest BCUT2D eigenvalue weighted by molar-refractivity contribution is 7.88. The molecule has 4 aliphatic rings. The Labute approximate surface area is 288 Å². The van der Waals surface area contributed by atoms with E-state index in [4.69, 9.17) is 0 Å². The Kier molecular flexibility index (Phi) is 11.9. The number of nitrogens with one attached hydrogen (secondary N) is 2. The van der Waals surface area contributed by atoms with Gasteiger partial charge < -0.3 is 15.5 Å². The standard InChI is InChI=1S/C36H60N4O7S/c1-35(2,3)29(21-39(7)48(8,46)47)37-34(45)38-32(36(4,5)6)33(44)40-20-24-13-10-14-26(24)30(40)27(41)19-25(17-22-11-9-12-22)31(43)28(42)18-23-15-16-23/h22-26,29-30,32H,9-21H2,1-8H3,(H2,37,38,45)/t24-,25?,26-,29+,30-,32+/m0/s1. The molecule has 3 amide bonds. The van der Waals surface area contributed by atoms with Crippen molar-refractivity contribution >= 4 is 39.3 Å². The minimum absolute atomic E-state index is 0.00526. The number of ketones is 3. The highest BCUT2D eigenvalue weighted by atomic mass is 32.2. The van der Waals surface area contributed by atoms with E-state index in [1.54, 1.807) is 4.90 Å². The number of nitrogens with zero attached hydrogens (tertiary/aromatic N) is 2. The van der Waals surface area contributed by atoms with E-state index in [0.717, 1.165) is 57.6 Å². The molecule has 272 valence electrons. The van der Waals surface area contributed by atoms with Crippen LogP contribution in [0.25, 0.3) is 0 Å². The molecule has 0 radical (unpaired) electrons. The molecule has 11 nitrogen and oxygen atoms in total. The third-order valence-electron chi connectivity index (χ3n) is 11.4. The summed E-state index contributed by atoms with van der Waals surface area (Å²) in [6.07, 6.45) is 9.69. The lowest BCUT2D eigenvalue weighted by Crippen LogP contribution is -2.61. The summed E-state index contributed by atoms with van der Waals surface area (Å²) in [5.74, 6) is -1.09. The fourth-order valence-corrected chi connectivity index (χ4v) is 8.13. The van der Waals surface area contributed by atoms with Crippen molar-refractivity contribution in [3.63, 3.8) is 0 Å². The van der Waals surface area contributed by atoms with Crippen molar-refractivity contribution < 1.29 is 32.4 Å². The first kappa shape index (κ1) is 38.5. The normalized spacial score (nSPS) is 25.2. The van der Waals surface area contributed by atoms with Gasteiger partial charge in [0.15, 0.2) is 11.6 Å². The maximum absolute atomic E-state index is 14.5. The van der Waals surface area contributed by atoms with Crippen molar-refractivity contribution in [3.8, 4) is 0 Å². The monoisotopic (exact) mass is 692 g/mol. The molecule has 0 spiro atoms. The zero-order chi connectivity index (χ0) is 35.8. The molecule has 0 aromatic rings. The number of carbonyl (C=O) groups is 5. The lowest BCUT2D eigenvalue weighted by atomic mass is 9.75. The van der Waals surface area contributed by atoms with Gasteiger partial charge >= 0.3 is 6.03 Å². The number of likely N-dealkylation sites (N-methyl/N-ethyl adjacent to an activating group) is 1. The van der Waals surface area contributed by atoms with Gasteiger partial charge in [0.1, 0.15) is 6.04 Å². The molecule has 4 rings (SSSR count). The quantitative estimate of drug-likeness (QED) is 0.243. The van der Waals surface area contributed by atoms with Crippen LogP contribution in [0.4, 0.5) is 4.79 Å². The van der Waals surface area contributed by atoms with E-state index in [1.165, 1.54) is 11.4 Å². The van der Waals surface area contributed by atoms with Gasteiger partial charge in [-0.1, -0.05) is 67.2 Å². The summed E-state index contributed by atoms with van der Waals surface area (Å²) < 4.78 is 25.5. The Morgan fingerprint density at radius 3 is 2.00 bits per heavy atom. The van der Waals surface area contributed by atoms with Crippen LogP contribution in [-0.4, -0.2) is 91.4 Å². The minimum atomic E-state index is -3.48. The lowest BCUT2D eigenvalue weighted by molar-refractivity contribution is -0.144. The minimum Gasteiger partial charge on any atom is -0.334 e. The molecule has 48 heavy (non-hydrogen) atoms. The van der Waals surface area contributed by atoms with Crippen molar-refractivity contribution in [1.82, 2.24) is 19.8 Å². The molecule has 3 saturated carbocycles. The third kappa shape index (κ3) is 9.67. The number of urea groups is 1. The smallest absolute Gasteiger partial charge is 0.315 e. The van der Waals surface area contributed by atoms with E-state index >= 15 is 0 Å². The van der Waals surface area contributed by atoms with Crippen molar-refractivity contribution in [1.29, 1.82) is 0 Å². The molecule has 0 aromatic carbocycles. The second-order valence-corrected chi connectivity index (χ2v) is 19.6. The number of rotatable bonds is 15. The van der Waals surface area contributed by atoms with Crippen LogP contribution in [0.15, 0.2) is 0 Å². The van der Waals surface area contributed by atoms with Crippen LogP contribution in [0.5, 0.6) is 0 Å². The molecule has 1 aliphatic heterocycles. The molecule has 12 heteroatoms. The second-order valence-electron chi connectivity index (χ2n) is 17.5. The first-order chi connectivity index (χ1) is 22.2. The Bertz CT molecular complexity index is 1340. The van der Waals surface area contributed by atoms with Gasteiger partial charge in [-0.3, -0.25) is 19.2 Å². The highest BCUT2D eigenvalue weighted by Gasteiger charge is 2.52. The number of carbonyl (C=O) groups excluding carboxylic acids is 5. The van der Waals surface area contributed by atoms with Crippen molar-refractivity contribution in [3.05, 3.63) is 0 Å². The molecule has 0 bridgehead atoms. The molecular formula is C36H60N4O7S. The summed E-state index contributed by atoms with van der Waals surface area (Å²) >= 11 is 0. The summed E-state index contributed by atoms with van der Waals surface area (Å²) in [6, 6.07) is -2.80. The first-order valence-corrected chi connectivity index (χ1v) is 19.9. The van der Waals surface area contributed by atoms with E-state index in [0.29, 0.717) is 24.8 Å². The number of likely N-dealkylation sites (tertiary alicyclic amines) is 1. The number of Topliss-reactive ketones (excluding diaryl/α,β-unsaturated/α-hetero) is 3. The van der Waals surface area contributed by atoms with Crippen LogP contribution >= 0.6 is 0 Å². The molecule has 1 heterocycles. The van der Waals surface area contributed by atoms with Gasteiger partial charge in [-0.15, -0.1) is 0 Å². The second kappa shape index (κ2) is 14.9. The summed E-state index contributed by atoms with van der Waals surface area (Å²) in [7, 11) is -2.02. The van der Waals surface area contributed by atoms with Gasteiger partial charge in [-0.05, 0) is 66.6 Å². The van der Waals surface area contributed by atoms with Gasteiger partial charge in [-0.2, -0.15) is 0 Å². The summed E-state index contributed by atoms with van der Waals surface area (Å²) in [6.45, 7) is 11.8. The molecule has 6 atom stereocenters. The number of fused-ring (bicyclic) bond motifs is 1. The van der Waals surface area contributed by atoms with Gasteiger partial charge in [0.05, 0.1) is 12.3 Å². The third-order valence-corrected chi connectivity index (χ3v) is 12.6. The fourth-order valence-electron chi connectivity index (χ4n) is 7.71. The molecule has 4 fully saturated rings. The van der Waals surface area contributed by atoms with Crippen molar-refractivity contribution in [2.75, 3.05) is 26.4 Å². The SMILES string of the molecule is CN(C[C@@H](NC(=O)N[C@H](C(=O)N1C[C@@H]2CCC[C@@H]2[C@H]1C(=O)CC(CC1CCC1)C(=O)C(=O)CC1CC1)C(C)(C)C)C(C)(C)C)S(C)(=O)=O. The predicted octanol–water partition coefficient (Wildman–Crippen LogP) is 4.34. The van der Waals surface area contributed by atoms with Gasteiger partial charge in [0.25, 0.3) is 0 Å². The summed E-state index contributed by atoms with van der Waals surface area (Å²) in [5, 5.41) is 5.81. The Morgan fingerprint density at radius 1 is 0.854 bits per heavy atom. The number of hydrogen-bond acceptors (Lipinski definition) is 7. The highest BCUT2D eigenvalue weighted by Crippen LogP contribution is 2.44. The maximum Gasteiger partial charge on any atom is 0.315 e.